The topological polar surface area (TPSA) is 52.4 Å². The lowest BCUT2D eigenvalue weighted by molar-refractivity contribution is -0.385. The van der Waals surface area contributed by atoms with Gasteiger partial charge in [-0.15, -0.1) is 11.6 Å². The Balaban J connectivity index is 2.35. The summed E-state index contributed by atoms with van der Waals surface area (Å²) in [6.07, 6.45) is 0. The van der Waals surface area contributed by atoms with Crippen LogP contribution < -0.4 is 4.74 Å². The molecule has 0 spiro atoms. The number of alkyl halides is 1. The molecular formula is C14H11BrClNO3. The zero-order chi connectivity index (χ0) is 14.7. The predicted octanol–water partition coefficient (Wildman–Crippen LogP) is 5.20. The molecule has 0 aromatic heterocycles. The quantitative estimate of drug-likeness (QED) is 0.430. The molecule has 2 aromatic carbocycles. The summed E-state index contributed by atoms with van der Waals surface area (Å²) in [6, 6.07) is 10.1. The van der Waals surface area contributed by atoms with E-state index in [1.54, 1.807) is 31.2 Å². The molecule has 0 N–H and O–H groups in total. The number of hydrogen-bond donors (Lipinski definition) is 0. The summed E-state index contributed by atoms with van der Waals surface area (Å²) in [4.78, 5) is 10.6. The third-order valence-electron chi connectivity index (χ3n) is 2.71. The monoisotopic (exact) mass is 355 g/mol. The van der Waals surface area contributed by atoms with E-state index in [4.69, 9.17) is 16.3 Å². The van der Waals surface area contributed by atoms with Crippen molar-refractivity contribution < 1.29 is 9.66 Å². The van der Waals surface area contributed by atoms with Gasteiger partial charge in [0, 0.05) is 16.4 Å². The van der Waals surface area contributed by atoms with E-state index in [9.17, 15) is 10.1 Å². The van der Waals surface area contributed by atoms with Crippen LogP contribution in [0.1, 0.15) is 11.1 Å². The molecule has 0 fully saturated rings. The maximum Gasteiger partial charge on any atom is 0.311 e. The number of nitrogens with zero attached hydrogens (tertiary/aromatic N) is 1. The van der Waals surface area contributed by atoms with Crippen LogP contribution in [-0.2, 0) is 5.88 Å². The molecule has 2 aromatic rings. The second kappa shape index (κ2) is 6.24. The molecule has 0 radical (unpaired) electrons. The lowest BCUT2D eigenvalue weighted by atomic mass is 10.2. The van der Waals surface area contributed by atoms with E-state index in [2.05, 4.69) is 15.9 Å². The van der Waals surface area contributed by atoms with Gasteiger partial charge in [-0.25, -0.2) is 0 Å². The van der Waals surface area contributed by atoms with E-state index < -0.39 is 4.92 Å². The van der Waals surface area contributed by atoms with Crippen molar-refractivity contribution in [3.63, 3.8) is 0 Å². The highest BCUT2D eigenvalue weighted by molar-refractivity contribution is 9.10. The zero-order valence-corrected chi connectivity index (χ0v) is 12.9. The van der Waals surface area contributed by atoms with Gasteiger partial charge in [-0.3, -0.25) is 10.1 Å². The number of nitro benzene ring substituents is 1. The van der Waals surface area contributed by atoms with Gasteiger partial charge in [0.15, 0.2) is 0 Å². The molecule has 0 amide bonds. The fourth-order valence-corrected chi connectivity index (χ4v) is 2.58. The van der Waals surface area contributed by atoms with E-state index in [0.29, 0.717) is 11.6 Å². The molecule has 0 heterocycles. The molecule has 0 atom stereocenters. The summed E-state index contributed by atoms with van der Waals surface area (Å²) in [5.41, 5.74) is 1.68. The maximum absolute atomic E-state index is 11.0. The van der Waals surface area contributed by atoms with Crippen LogP contribution in [0.15, 0.2) is 40.9 Å². The standard InChI is InChI=1S/C14H11BrClNO3/c1-9-2-5-14(13(6-9)17(18)19)20-11-4-3-10(8-16)12(15)7-11/h2-7H,8H2,1H3. The van der Waals surface area contributed by atoms with Crippen LogP contribution in [0.4, 0.5) is 5.69 Å². The molecule has 0 saturated carbocycles. The molecule has 0 unspecified atom stereocenters. The minimum atomic E-state index is -0.454. The molecular weight excluding hydrogens is 346 g/mol. The lowest BCUT2D eigenvalue weighted by Gasteiger charge is -2.08. The molecule has 0 saturated heterocycles. The first-order chi connectivity index (χ1) is 9.51. The number of benzene rings is 2. The third kappa shape index (κ3) is 3.29. The summed E-state index contributed by atoms with van der Waals surface area (Å²) in [7, 11) is 0. The largest absolute Gasteiger partial charge is 0.450 e. The third-order valence-corrected chi connectivity index (χ3v) is 3.73. The highest BCUT2D eigenvalue weighted by Gasteiger charge is 2.16. The van der Waals surface area contributed by atoms with E-state index in [1.165, 1.54) is 6.07 Å². The Kier molecular flexibility index (Phi) is 4.62. The van der Waals surface area contributed by atoms with Crippen LogP contribution in [0, 0.1) is 17.0 Å². The molecule has 2 rings (SSSR count). The molecule has 0 aliphatic heterocycles. The number of aryl methyl sites for hydroxylation is 1. The highest BCUT2D eigenvalue weighted by atomic mass is 79.9. The molecule has 104 valence electrons. The van der Waals surface area contributed by atoms with Crippen molar-refractivity contribution in [3.8, 4) is 11.5 Å². The van der Waals surface area contributed by atoms with Crippen LogP contribution in [0.5, 0.6) is 11.5 Å². The number of hydrogen-bond acceptors (Lipinski definition) is 3. The predicted molar refractivity (Wildman–Crippen MR) is 81.6 cm³/mol. The molecule has 0 aliphatic rings. The Bertz CT molecular complexity index is 661. The van der Waals surface area contributed by atoms with Gasteiger partial charge >= 0.3 is 5.69 Å². The average Bonchev–Trinajstić information content (AvgIpc) is 2.41. The second-order valence-electron chi connectivity index (χ2n) is 4.22. The summed E-state index contributed by atoms with van der Waals surface area (Å²) < 4.78 is 6.40. The summed E-state index contributed by atoms with van der Waals surface area (Å²) in [5.74, 6) is 1.11. The number of rotatable bonds is 4. The fourth-order valence-electron chi connectivity index (χ4n) is 1.68. The Morgan fingerprint density at radius 3 is 2.65 bits per heavy atom. The first-order valence-electron chi connectivity index (χ1n) is 5.78. The van der Waals surface area contributed by atoms with E-state index in [-0.39, 0.29) is 11.4 Å². The Hall–Kier alpha value is -1.59. The Morgan fingerprint density at radius 2 is 2.05 bits per heavy atom. The van der Waals surface area contributed by atoms with Crippen LogP contribution in [0.3, 0.4) is 0 Å². The van der Waals surface area contributed by atoms with Crippen molar-refractivity contribution in [2.75, 3.05) is 0 Å². The summed E-state index contributed by atoms with van der Waals surface area (Å²) in [5, 5.41) is 11.0. The van der Waals surface area contributed by atoms with Crippen molar-refractivity contribution in [1.82, 2.24) is 0 Å². The number of halogens is 2. The maximum atomic E-state index is 11.0. The molecule has 0 bridgehead atoms. The minimum absolute atomic E-state index is 0.0532. The zero-order valence-electron chi connectivity index (χ0n) is 10.6. The van der Waals surface area contributed by atoms with Crippen LogP contribution in [0.2, 0.25) is 0 Å². The Labute approximate surface area is 129 Å². The van der Waals surface area contributed by atoms with Gasteiger partial charge in [-0.05, 0) is 36.2 Å². The smallest absolute Gasteiger partial charge is 0.311 e. The lowest BCUT2D eigenvalue weighted by Crippen LogP contribution is -1.94. The first kappa shape index (κ1) is 14.8. The van der Waals surface area contributed by atoms with Crippen molar-refractivity contribution in [1.29, 1.82) is 0 Å². The fraction of sp³-hybridized carbons (Fsp3) is 0.143. The second-order valence-corrected chi connectivity index (χ2v) is 5.34. The van der Waals surface area contributed by atoms with Gasteiger partial charge in [0.1, 0.15) is 5.75 Å². The van der Waals surface area contributed by atoms with Crippen molar-refractivity contribution in [2.45, 2.75) is 12.8 Å². The number of ether oxygens (including phenoxy) is 1. The van der Waals surface area contributed by atoms with E-state index in [1.807, 2.05) is 6.07 Å². The highest BCUT2D eigenvalue weighted by Crippen LogP contribution is 2.33. The van der Waals surface area contributed by atoms with Gasteiger partial charge in [-0.2, -0.15) is 0 Å². The van der Waals surface area contributed by atoms with Crippen molar-refractivity contribution >= 4 is 33.2 Å². The van der Waals surface area contributed by atoms with Crippen LogP contribution in [0.25, 0.3) is 0 Å². The summed E-state index contributed by atoms with van der Waals surface area (Å²) >= 11 is 9.15. The Morgan fingerprint density at radius 1 is 1.30 bits per heavy atom. The molecule has 0 aliphatic carbocycles. The molecule has 6 heteroatoms. The van der Waals surface area contributed by atoms with Gasteiger partial charge in [0.25, 0.3) is 0 Å². The SMILES string of the molecule is Cc1ccc(Oc2ccc(CCl)c(Br)c2)c([N+](=O)[O-])c1. The van der Waals surface area contributed by atoms with E-state index in [0.717, 1.165) is 15.6 Å². The molecule has 4 nitrogen and oxygen atoms in total. The summed E-state index contributed by atoms with van der Waals surface area (Å²) in [6.45, 7) is 1.79. The van der Waals surface area contributed by atoms with Gasteiger partial charge in [-0.1, -0.05) is 28.1 Å². The first-order valence-corrected chi connectivity index (χ1v) is 7.11. The van der Waals surface area contributed by atoms with Gasteiger partial charge in [0.2, 0.25) is 5.75 Å². The average molecular weight is 357 g/mol. The van der Waals surface area contributed by atoms with Crippen LogP contribution in [-0.4, -0.2) is 4.92 Å². The van der Waals surface area contributed by atoms with E-state index >= 15 is 0 Å². The molecule has 20 heavy (non-hydrogen) atoms. The normalized spacial score (nSPS) is 10.3. The van der Waals surface area contributed by atoms with Gasteiger partial charge in [0.05, 0.1) is 4.92 Å². The van der Waals surface area contributed by atoms with Crippen molar-refractivity contribution in [2.24, 2.45) is 0 Å². The van der Waals surface area contributed by atoms with Crippen molar-refractivity contribution in [3.05, 3.63) is 62.1 Å². The van der Waals surface area contributed by atoms with Crippen LogP contribution >= 0.6 is 27.5 Å². The number of nitro groups is 1. The minimum Gasteiger partial charge on any atom is -0.450 e. The van der Waals surface area contributed by atoms with Gasteiger partial charge < -0.3 is 4.74 Å².